The number of benzene rings is 1. The smallest absolute Gasteiger partial charge is 0.239 e. The summed E-state index contributed by atoms with van der Waals surface area (Å²) in [6, 6.07) is 10.00. The van der Waals surface area contributed by atoms with E-state index in [4.69, 9.17) is 4.98 Å². The molecule has 1 atom stereocenters. The summed E-state index contributed by atoms with van der Waals surface area (Å²) in [6.45, 7) is 5.91. The van der Waals surface area contributed by atoms with Crippen molar-refractivity contribution in [1.29, 1.82) is 5.26 Å². The first kappa shape index (κ1) is 18.1. The number of hydrogen-bond donors (Lipinski definition) is 1. The second kappa shape index (κ2) is 7.26. The highest BCUT2D eigenvalue weighted by molar-refractivity contribution is 9.10. The van der Waals surface area contributed by atoms with E-state index in [1.807, 2.05) is 45.0 Å². The van der Waals surface area contributed by atoms with Crippen molar-refractivity contribution >= 4 is 38.6 Å². The molecule has 0 saturated heterocycles. The summed E-state index contributed by atoms with van der Waals surface area (Å²) in [5, 5.41) is 17.5. The van der Waals surface area contributed by atoms with Gasteiger partial charge in [0, 0.05) is 5.39 Å². The number of alkyl halides is 1. The van der Waals surface area contributed by atoms with E-state index < -0.39 is 0 Å². The van der Waals surface area contributed by atoms with Gasteiger partial charge < -0.3 is 5.32 Å². The van der Waals surface area contributed by atoms with Crippen LogP contribution in [-0.2, 0) is 4.79 Å². The van der Waals surface area contributed by atoms with Crippen LogP contribution in [0.25, 0.3) is 16.7 Å². The molecule has 1 N–H and O–H groups in total. The number of amides is 1. The van der Waals surface area contributed by atoms with Gasteiger partial charge >= 0.3 is 0 Å². The number of para-hydroxylation sites is 1. The maximum Gasteiger partial charge on any atom is 0.239 e. The Kier molecular flexibility index (Phi) is 5.05. The number of aryl methyl sites for hydroxylation is 2. The number of carbonyl (C=O) groups excluding carboxylic acids is 1. The lowest BCUT2D eigenvalue weighted by atomic mass is 10.1. The van der Waals surface area contributed by atoms with Gasteiger partial charge in [-0.1, -0.05) is 41.1 Å². The van der Waals surface area contributed by atoms with E-state index in [1.165, 1.54) is 10.9 Å². The van der Waals surface area contributed by atoms with Gasteiger partial charge in [0.2, 0.25) is 5.91 Å². The predicted octanol–water partition coefficient (Wildman–Crippen LogP) is 4.02. The van der Waals surface area contributed by atoms with Crippen LogP contribution in [0.4, 0.5) is 5.82 Å². The number of nitriles is 1. The molecule has 1 unspecified atom stereocenters. The van der Waals surface area contributed by atoms with Crippen LogP contribution in [0.5, 0.6) is 0 Å². The van der Waals surface area contributed by atoms with Crippen molar-refractivity contribution in [1.82, 2.24) is 14.8 Å². The highest BCUT2D eigenvalue weighted by atomic mass is 79.9. The summed E-state index contributed by atoms with van der Waals surface area (Å²) in [5.74, 6) is 0.665. The van der Waals surface area contributed by atoms with Gasteiger partial charge in [0.05, 0.1) is 16.5 Å². The van der Waals surface area contributed by atoms with Crippen molar-refractivity contribution in [3.63, 3.8) is 0 Å². The highest BCUT2D eigenvalue weighted by Gasteiger charge is 2.20. The van der Waals surface area contributed by atoms with Crippen molar-refractivity contribution in [2.45, 2.75) is 32.0 Å². The monoisotopic (exact) mass is 411 g/mol. The number of nitrogens with zero attached hydrogens (tertiary/aromatic N) is 4. The summed E-state index contributed by atoms with van der Waals surface area (Å²) in [4.78, 5) is 16.7. The van der Waals surface area contributed by atoms with Crippen LogP contribution in [0.2, 0.25) is 0 Å². The molecule has 0 aliphatic rings. The molecule has 0 saturated carbocycles. The van der Waals surface area contributed by atoms with E-state index in [-0.39, 0.29) is 10.7 Å². The molecule has 2 aromatic heterocycles. The number of carbonyl (C=O) groups is 1. The Bertz CT molecular complexity index is 1030. The molecule has 0 aliphatic heterocycles. The normalized spacial score (nSPS) is 12.0. The standard InChI is InChI=1S/C19H18BrN5O/c1-4-15(20)19(26)24-18-13(9-21)10-22-25(18)16-8-12(3)14-7-5-6-11(2)17(14)23-16/h5-8,10,15H,4H2,1-3H3,(H,24,26). The third-order valence-electron chi connectivity index (χ3n) is 4.23. The maximum absolute atomic E-state index is 12.3. The summed E-state index contributed by atoms with van der Waals surface area (Å²) in [6.07, 6.45) is 2.07. The minimum Gasteiger partial charge on any atom is -0.308 e. The molecule has 0 fully saturated rings. The lowest BCUT2D eigenvalue weighted by Crippen LogP contribution is -2.24. The van der Waals surface area contributed by atoms with Crippen LogP contribution in [0, 0.1) is 25.2 Å². The van der Waals surface area contributed by atoms with Crippen molar-refractivity contribution in [2.24, 2.45) is 0 Å². The molecule has 7 heteroatoms. The number of pyridine rings is 1. The first-order valence-corrected chi connectivity index (χ1v) is 9.18. The molecule has 6 nitrogen and oxygen atoms in total. The number of fused-ring (bicyclic) bond motifs is 1. The summed E-state index contributed by atoms with van der Waals surface area (Å²) in [7, 11) is 0. The molecule has 132 valence electrons. The van der Waals surface area contributed by atoms with Crippen LogP contribution in [0.15, 0.2) is 30.5 Å². The van der Waals surface area contributed by atoms with Gasteiger partial charge in [0.1, 0.15) is 11.6 Å². The minimum atomic E-state index is -0.342. The Balaban J connectivity index is 2.15. The van der Waals surface area contributed by atoms with Gasteiger partial charge in [-0.2, -0.15) is 15.0 Å². The Labute approximate surface area is 160 Å². The van der Waals surface area contributed by atoms with Gasteiger partial charge in [0.25, 0.3) is 0 Å². The van der Waals surface area contributed by atoms with Crippen molar-refractivity contribution in [3.8, 4) is 11.9 Å². The average molecular weight is 412 g/mol. The fourth-order valence-corrected chi connectivity index (χ4v) is 2.87. The fraction of sp³-hybridized carbons (Fsp3) is 0.263. The number of rotatable bonds is 4. The summed E-state index contributed by atoms with van der Waals surface area (Å²) < 4.78 is 1.50. The zero-order chi connectivity index (χ0) is 18.8. The van der Waals surface area contributed by atoms with Crippen LogP contribution in [0.1, 0.15) is 30.0 Å². The van der Waals surface area contributed by atoms with Crippen LogP contribution in [0.3, 0.4) is 0 Å². The lowest BCUT2D eigenvalue weighted by molar-refractivity contribution is -0.115. The molecule has 1 amide bonds. The Hall–Kier alpha value is -2.72. The second-order valence-electron chi connectivity index (χ2n) is 6.06. The van der Waals surface area contributed by atoms with E-state index in [9.17, 15) is 10.1 Å². The Morgan fingerprint density at radius 1 is 1.38 bits per heavy atom. The molecule has 0 radical (unpaired) electrons. The van der Waals surface area contributed by atoms with Crippen molar-refractivity contribution in [3.05, 3.63) is 47.2 Å². The van der Waals surface area contributed by atoms with Crippen LogP contribution < -0.4 is 5.32 Å². The van der Waals surface area contributed by atoms with E-state index in [0.29, 0.717) is 23.6 Å². The van der Waals surface area contributed by atoms with Gasteiger partial charge in [0.15, 0.2) is 11.6 Å². The number of nitrogens with one attached hydrogen (secondary N) is 1. The van der Waals surface area contributed by atoms with Crippen LogP contribution in [-0.4, -0.2) is 25.5 Å². The van der Waals surface area contributed by atoms with Gasteiger partial charge in [-0.25, -0.2) is 4.98 Å². The molecule has 3 aromatic rings. The molecule has 2 heterocycles. The van der Waals surface area contributed by atoms with Gasteiger partial charge in [-0.05, 0) is 37.5 Å². The number of anilines is 1. The van der Waals surface area contributed by atoms with E-state index in [0.717, 1.165) is 22.0 Å². The number of halogens is 1. The zero-order valence-corrected chi connectivity index (χ0v) is 16.3. The average Bonchev–Trinajstić information content (AvgIpc) is 3.04. The molecule has 3 rings (SSSR count). The fourth-order valence-electron chi connectivity index (χ4n) is 2.76. The Morgan fingerprint density at radius 3 is 2.85 bits per heavy atom. The molecule has 1 aromatic carbocycles. The number of hydrogen-bond acceptors (Lipinski definition) is 4. The molecule has 0 aliphatic carbocycles. The first-order valence-electron chi connectivity index (χ1n) is 8.26. The predicted molar refractivity (Wildman–Crippen MR) is 105 cm³/mol. The minimum absolute atomic E-state index is 0.223. The first-order chi connectivity index (χ1) is 12.5. The third-order valence-corrected chi connectivity index (χ3v) is 5.29. The molecular formula is C19H18BrN5O. The van der Waals surface area contributed by atoms with Crippen LogP contribution >= 0.6 is 15.9 Å². The third kappa shape index (κ3) is 3.20. The lowest BCUT2D eigenvalue weighted by Gasteiger charge is -2.13. The number of aromatic nitrogens is 3. The SMILES string of the molecule is CCC(Br)C(=O)Nc1c(C#N)cnn1-c1cc(C)c2cccc(C)c2n1. The largest absolute Gasteiger partial charge is 0.308 e. The zero-order valence-electron chi connectivity index (χ0n) is 14.7. The summed E-state index contributed by atoms with van der Waals surface area (Å²) >= 11 is 3.33. The Morgan fingerprint density at radius 2 is 2.15 bits per heavy atom. The second-order valence-corrected chi connectivity index (χ2v) is 7.17. The van der Waals surface area contributed by atoms with E-state index >= 15 is 0 Å². The van der Waals surface area contributed by atoms with E-state index in [1.54, 1.807) is 0 Å². The van der Waals surface area contributed by atoms with E-state index in [2.05, 4.69) is 32.4 Å². The topological polar surface area (TPSA) is 83.6 Å². The van der Waals surface area contributed by atoms with Crippen molar-refractivity contribution in [2.75, 3.05) is 5.32 Å². The maximum atomic E-state index is 12.3. The van der Waals surface area contributed by atoms with Gasteiger partial charge in [-0.3, -0.25) is 4.79 Å². The quantitative estimate of drug-likeness (QED) is 0.656. The van der Waals surface area contributed by atoms with Gasteiger partial charge in [-0.15, -0.1) is 0 Å². The molecular weight excluding hydrogens is 394 g/mol. The molecule has 0 spiro atoms. The van der Waals surface area contributed by atoms with Crippen molar-refractivity contribution < 1.29 is 4.79 Å². The summed E-state index contributed by atoms with van der Waals surface area (Å²) in [5.41, 5.74) is 3.27. The molecule has 26 heavy (non-hydrogen) atoms. The molecule has 0 bridgehead atoms. The highest BCUT2D eigenvalue weighted by Crippen LogP contribution is 2.25.